The Labute approximate surface area is 127 Å². The van der Waals surface area contributed by atoms with Crippen molar-refractivity contribution in [2.45, 2.75) is 39.3 Å². The van der Waals surface area contributed by atoms with Gasteiger partial charge in [0, 0.05) is 12.1 Å². The summed E-state index contributed by atoms with van der Waals surface area (Å²) in [5.74, 6) is 0.427. The van der Waals surface area contributed by atoms with Crippen LogP contribution < -0.4 is 5.32 Å². The van der Waals surface area contributed by atoms with Crippen LogP contribution in [0.5, 0.6) is 0 Å². The molecule has 0 saturated carbocycles. The van der Waals surface area contributed by atoms with E-state index in [1.807, 2.05) is 18.2 Å². The highest BCUT2D eigenvalue weighted by Crippen LogP contribution is 2.25. The molecule has 2 aromatic rings. The molecule has 0 radical (unpaired) electrons. The Kier molecular flexibility index (Phi) is 5.51. The van der Waals surface area contributed by atoms with Crippen LogP contribution >= 0.6 is 0 Å². The highest BCUT2D eigenvalue weighted by molar-refractivity contribution is 5.22. The van der Waals surface area contributed by atoms with E-state index in [9.17, 15) is 4.39 Å². The molecule has 0 spiro atoms. The van der Waals surface area contributed by atoms with Crippen LogP contribution in [0.1, 0.15) is 50.4 Å². The van der Waals surface area contributed by atoms with E-state index in [4.69, 9.17) is 0 Å². The van der Waals surface area contributed by atoms with Crippen molar-refractivity contribution in [3.8, 4) is 0 Å². The molecule has 2 aromatic carbocycles. The lowest BCUT2D eigenvalue weighted by atomic mass is 9.95. The SMILES string of the molecule is CC(C)CC(N[C@H](C)c1ccc(F)cc1)c1ccccc1. The van der Waals surface area contributed by atoms with E-state index >= 15 is 0 Å². The minimum atomic E-state index is -0.187. The minimum absolute atomic E-state index is 0.187. The zero-order chi connectivity index (χ0) is 15.2. The fourth-order valence-electron chi connectivity index (χ4n) is 2.61. The van der Waals surface area contributed by atoms with Crippen molar-refractivity contribution in [3.63, 3.8) is 0 Å². The van der Waals surface area contributed by atoms with Gasteiger partial charge in [-0.2, -0.15) is 0 Å². The van der Waals surface area contributed by atoms with Crippen molar-refractivity contribution >= 4 is 0 Å². The summed E-state index contributed by atoms with van der Waals surface area (Å²) >= 11 is 0. The molecule has 0 amide bonds. The average Bonchev–Trinajstić information content (AvgIpc) is 2.47. The van der Waals surface area contributed by atoms with Gasteiger partial charge in [-0.15, -0.1) is 0 Å². The summed E-state index contributed by atoms with van der Waals surface area (Å²) in [4.78, 5) is 0. The van der Waals surface area contributed by atoms with Gasteiger partial charge in [-0.3, -0.25) is 0 Å². The summed E-state index contributed by atoms with van der Waals surface area (Å²) in [6, 6.07) is 17.8. The summed E-state index contributed by atoms with van der Waals surface area (Å²) in [7, 11) is 0. The predicted molar refractivity (Wildman–Crippen MR) is 86.6 cm³/mol. The number of nitrogens with one attached hydrogen (secondary N) is 1. The van der Waals surface area contributed by atoms with Crippen LogP contribution in [0, 0.1) is 11.7 Å². The van der Waals surface area contributed by atoms with E-state index in [0.29, 0.717) is 12.0 Å². The van der Waals surface area contributed by atoms with Crippen molar-refractivity contribution < 1.29 is 4.39 Å². The molecule has 0 heterocycles. The van der Waals surface area contributed by atoms with Gasteiger partial charge in [0.05, 0.1) is 0 Å². The third kappa shape index (κ3) is 4.68. The molecule has 1 unspecified atom stereocenters. The van der Waals surface area contributed by atoms with Crippen LogP contribution in [0.15, 0.2) is 54.6 Å². The number of halogens is 1. The predicted octanol–water partition coefficient (Wildman–Crippen LogP) is 5.26. The van der Waals surface area contributed by atoms with Gasteiger partial charge >= 0.3 is 0 Å². The topological polar surface area (TPSA) is 12.0 Å². The molecule has 0 fully saturated rings. The summed E-state index contributed by atoms with van der Waals surface area (Å²) in [5, 5.41) is 3.68. The maximum atomic E-state index is 13.0. The standard InChI is InChI=1S/C19H24FN/c1-14(2)13-19(17-7-5-4-6-8-17)21-15(3)16-9-11-18(20)12-10-16/h4-12,14-15,19,21H,13H2,1-3H3/t15-,19?/m1/s1. The van der Waals surface area contributed by atoms with Crippen molar-refractivity contribution in [1.29, 1.82) is 0 Å². The van der Waals surface area contributed by atoms with Gasteiger partial charge in [-0.25, -0.2) is 4.39 Å². The molecule has 0 bridgehead atoms. The van der Waals surface area contributed by atoms with Crippen molar-refractivity contribution in [1.82, 2.24) is 5.32 Å². The van der Waals surface area contributed by atoms with Crippen molar-refractivity contribution in [2.75, 3.05) is 0 Å². The minimum Gasteiger partial charge on any atom is -0.303 e. The van der Waals surface area contributed by atoms with Crippen molar-refractivity contribution in [2.24, 2.45) is 5.92 Å². The molecule has 2 heteroatoms. The monoisotopic (exact) mass is 285 g/mol. The Hall–Kier alpha value is -1.67. The summed E-state index contributed by atoms with van der Waals surface area (Å²) in [6.45, 7) is 6.60. The lowest BCUT2D eigenvalue weighted by Crippen LogP contribution is -2.26. The second-order valence-corrected chi connectivity index (χ2v) is 6.03. The Morgan fingerprint density at radius 2 is 1.48 bits per heavy atom. The fourth-order valence-corrected chi connectivity index (χ4v) is 2.61. The zero-order valence-electron chi connectivity index (χ0n) is 13.0. The third-order valence-corrected chi connectivity index (χ3v) is 3.73. The van der Waals surface area contributed by atoms with Gasteiger partial charge in [0.25, 0.3) is 0 Å². The average molecular weight is 285 g/mol. The van der Waals surface area contributed by atoms with Crippen LogP contribution in [0.4, 0.5) is 4.39 Å². The number of rotatable bonds is 6. The lowest BCUT2D eigenvalue weighted by molar-refractivity contribution is 0.394. The Morgan fingerprint density at radius 1 is 0.857 bits per heavy atom. The lowest BCUT2D eigenvalue weighted by Gasteiger charge is -2.25. The van der Waals surface area contributed by atoms with Crippen LogP contribution in [0.3, 0.4) is 0 Å². The van der Waals surface area contributed by atoms with E-state index < -0.39 is 0 Å². The molecule has 0 aliphatic rings. The molecule has 2 atom stereocenters. The van der Waals surface area contributed by atoms with Crippen LogP contribution in [-0.2, 0) is 0 Å². The Balaban J connectivity index is 2.13. The molecule has 0 saturated heterocycles. The van der Waals surface area contributed by atoms with Crippen LogP contribution in [0.2, 0.25) is 0 Å². The molecule has 0 aromatic heterocycles. The Bertz CT molecular complexity index is 533. The Morgan fingerprint density at radius 3 is 2.05 bits per heavy atom. The maximum absolute atomic E-state index is 13.0. The molecular weight excluding hydrogens is 261 g/mol. The zero-order valence-corrected chi connectivity index (χ0v) is 13.0. The van der Waals surface area contributed by atoms with Gasteiger partial charge < -0.3 is 5.32 Å². The van der Waals surface area contributed by atoms with E-state index in [0.717, 1.165) is 12.0 Å². The first-order chi connectivity index (χ1) is 10.1. The van der Waals surface area contributed by atoms with Gasteiger partial charge in [-0.05, 0) is 42.5 Å². The summed E-state index contributed by atoms with van der Waals surface area (Å²) < 4.78 is 13.0. The number of hydrogen-bond donors (Lipinski definition) is 1. The van der Waals surface area contributed by atoms with Gasteiger partial charge in [0.2, 0.25) is 0 Å². The molecule has 0 aliphatic heterocycles. The molecule has 2 rings (SSSR count). The molecule has 112 valence electrons. The molecule has 1 N–H and O–H groups in total. The number of benzene rings is 2. The highest BCUT2D eigenvalue weighted by Gasteiger charge is 2.16. The highest BCUT2D eigenvalue weighted by atomic mass is 19.1. The first-order valence-electron chi connectivity index (χ1n) is 7.62. The summed E-state index contributed by atoms with van der Waals surface area (Å²) in [6.07, 6.45) is 1.08. The second kappa shape index (κ2) is 7.37. The smallest absolute Gasteiger partial charge is 0.123 e. The van der Waals surface area contributed by atoms with E-state index in [-0.39, 0.29) is 11.9 Å². The quantitative estimate of drug-likeness (QED) is 0.763. The second-order valence-electron chi connectivity index (χ2n) is 6.03. The van der Waals surface area contributed by atoms with Gasteiger partial charge in [0.1, 0.15) is 5.82 Å². The number of hydrogen-bond acceptors (Lipinski definition) is 1. The summed E-state index contributed by atoms with van der Waals surface area (Å²) in [5.41, 5.74) is 2.42. The van der Waals surface area contributed by atoms with Crippen molar-refractivity contribution in [3.05, 3.63) is 71.5 Å². The largest absolute Gasteiger partial charge is 0.303 e. The van der Waals surface area contributed by atoms with Crippen LogP contribution in [-0.4, -0.2) is 0 Å². The molecule has 1 nitrogen and oxygen atoms in total. The van der Waals surface area contributed by atoms with E-state index in [2.05, 4.69) is 50.4 Å². The van der Waals surface area contributed by atoms with Gasteiger partial charge in [0.15, 0.2) is 0 Å². The molecular formula is C19H24FN. The van der Waals surface area contributed by atoms with E-state index in [1.54, 1.807) is 0 Å². The normalized spacial score (nSPS) is 14.1. The van der Waals surface area contributed by atoms with Gasteiger partial charge in [-0.1, -0.05) is 56.3 Å². The third-order valence-electron chi connectivity index (χ3n) is 3.73. The fraction of sp³-hybridized carbons (Fsp3) is 0.368. The first-order valence-corrected chi connectivity index (χ1v) is 7.62. The van der Waals surface area contributed by atoms with E-state index in [1.165, 1.54) is 17.7 Å². The maximum Gasteiger partial charge on any atom is 0.123 e. The molecule has 0 aliphatic carbocycles. The first kappa shape index (κ1) is 15.7. The molecule has 21 heavy (non-hydrogen) atoms. The van der Waals surface area contributed by atoms with Crippen LogP contribution in [0.25, 0.3) is 0 Å².